The normalized spacial score (nSPS) is 10.3. The van der Waals surface area contributed by atoms with E-state index in [1.807, 2.05) is 19.1 Å². The van der Waals surface area contributed by atoms with Gasteiger partial charge in [-0.05, 0) is 31.2 Å². The van der Waals surface area contributed by atoms with Crippen molar-refractivity contribution in [2.45, 2.75) is 13.8 Å². The minimum Gasteiger partial charge on any atom is -0.493 e. The Labute approximate surface area is 167 Å². The summed E-state index contributed by atoms with van der Waals surface area (Å²) in [6.07, 6.45) is 1.29. The molecule has 2 aromatic rings. The Morgan fingerprint density at radius 2 is 1.55 bits per heavy atom. The van der Waals surface area contributed by atoms with Crippen molar-refractivity contribution in [1.29, 1.82) is 0 Å². The summed E-state index contributed by atoms with van der Waals surface area (Å²) < 4.78 is 15.5. The molecule has 0 aliphatic carbocycles. The zero-order chi connectivity index (χ0) is 21.4. The lowest BCUT2D eigenvalue weighted by Gasteiger charge is -2.13. The number of nitrogens with one attached hydrogen (secondary N) is 2. The zero-order valence-corrected chi connectivity index (χ0v) is 16.4. The Morgan fingerprint density at radius 1 is 0.966 bits per heavy atom. The highest BCUT2D eigenvalue weighted by Gasteiger charge is 2.16. The number of hydrazone groups is 1. The molecule has 0 spiro atoms. The molecule has 0 unspecified atom stereocenters. The van der Waals surface area contributed by atoms with Crippen LogP contribution >= 0.6 is 0 Å². The van der Waals surface area contributed by atoms with Crippen LogP contribution in [0.1, 0.15) is 18.1 Å². The third-order valence-corrected chi connectivity index (χ3v) is 3.62. The van der Waals surface area contributed by atoms with Crippen LogP contribution in [0.15, 0.2) is 41.5 Å². The topological polar surface area (TPSA) is 115 Å². The highest BCUT2D eigenvalue weighted by Crippen LogP contribution is 2.38. The van der Waals surface area contributed by atoms with Gasteiger partial charge in [-0.1, -0.05) is 17.7 Å². The van der Waals surface area contributed by atoms with Gasteiger partial charge in [0.1, 0.15) is 0 Å². The maximum absolute atomic E-state index is 11.9. The van der Waals surface area contributed by atoms with Gasteiger partial charge >= 0.3 is 17.8 Å². The van der Waals surface area contributed by atoms with Crippen LogP contribution in [0.5, 0.6) is 17.2 Å². The first kappa shape index (κ1) is 21.4. The fraction of sp³-hybridized carbons (Fsp3) is 0.200. The van der Waals surface area contributed by atoms with E-state index in [2.05, 4.69) is 15.8 Å². The smallest absolute Gasteiger partial charge is 0.329 e. The molecule has 0 saturated heterocycles. The van der Waals surface area contributed by atoms with E-state index < -0.39 is 17.8 Å². The first-order chi connectivity index (χ1) is 13.8. The molecule has 0 aliphatic heterocycles. The highest BCUT2D eigenvalue weighted by molar-refractivity contribution is 6.39. The number of methoxy groups -OCH3 is 2. The Kier molecular flexibility index (Phi) is 7.30. The van der Waals surface area contributed by atoms with Crippen LogP contribution in [0.4, 0.5) is 5.69 Å². The fourth-order valence-corrected chi connectivity index (χ4v) is 2.26. The van der Waals surface area contributed by atoms with Crippen molar-refractivity contribution in [3.05, 3.63) is 47.5 Å². The van der Waals surface area contributed by atoms with Gasteiger partial charge in [0.05, 0.1) is 20.4 Å². The third-order valence-electron chi connectivity index (χ3n) is 3.62. The second-order valence-corrected chi connectivity index (χ2v) is 5.87. The molecule has 0 radical (unpaired) electrons. The van der Waals surface area contributed by atoms with Gasteiger partial charge in [0.25, 0.3) is 0 Å². The monoisotopic (exact) mass is 399 g/mol. The quantitative estimate of drug-likeness (QED) is 0.252. The summed E-state index contributed by atoms with van der Waals surface area (Å²) in [7, 11) is 2.81. The average Bonchev–Trinajstić information content (AvgIpc) is 2.69. The van der Waals surface area contributed by atoms with Crippen molar-refractivity contribution in [2.75, 3.05) is 19.5 Å². The molecule has 0 fully saturated rings. The summed E-state index contributed by atoms with van der Waals surface area (Å²) in [5.74, 6) is -1.71. The molecule has 0 bridgehead atoms. The molecule has 0 saturated carbocycles. The van der Waals surface area contributed by atoms with E-state index in [-0.39, 0.29) is 17.2 Å². The summed E-state index contributed by atoms with van der Waals surface area (Å²) >= 11 is 0. The molecule has 0 aromatic heterocycles. The number of hydrogen-bond acceptors (Lipinski definition) is 7. The van der Waals surface area contributed by atoms with Gasteiger partial charge in [0, 0.05) is 18.2 Å². The lowest BCUT2D eigenvalue weighted by Crippen LogP contribution is -2.32. The molecular formula is C20H21N3O6. The molecule has 29 heavy (non-hydrogen) atoms. The Balaban J connectivity index is 2.06. The van der Waals surface area contributed by atoms with Crippen LogP contribution in [0.25, 0.3) is 0 Å². The standard InChI is InChI=1S/C20H21N3O6/c1-12-5-7-15(8-6-12)22-19(25)20(26)23-21-11-14-9-16(27-3)18(29-13(2)24)17(10-14)28-4/h5-11H,1-4H3,(H,22,25)(H,23,26)/b21-11-. The van der Waals surface area contributed by atoms with Crippen molar-refractivity contribution < 1.29 is 28.6 Å². The maximum Gasteiger partial charge on any atom is 0.329 e. The zero-order valence-electron chi connectivity index (χ0n) is 16.4. The number of ether oxygens (including phenoxy) is 3. The van der Waals surface area contributed by atoms with E-state index in [1.54, 1.807) is 12.1 Å². The lowest BCUT2D eigenvalue weighted by atomic mass is 10.2. The number of hydrogen-bond donors (Lipinski definition) is 2. The Morgan fingerprint density at radius 3 is 2.07 bits per heavy atom. The summed E-state index contributed by atoms with van der Waals surface area (Å²) in [4.78, 5) is 35.0. The van der Waals surface area contributed by atoms with Crippen LogP contribution < -0.4 is 25.0 Å². The average molecular weight is 399 g/mol. The van der Waals surface area contributed by atoms with Crippen molar-refractivity contribution >= 4 is 29.7 Å². The second kappa shape index (κ2) is 9.88. The maximum atomic E-state index is 11.9. The Bertz CT molecular complexity index is 913. The molecular weight excluding hydrogens is 378 g/mol. The van der Waals surface area contributed by atoms with Crippen LogP contribution in [0.2, 0.25) is 0 Å². The highest BCUT2D eigenvalue weighted by atomic mass is 16.6. The number of amides is 2. The van der Waals surface area contributed by atoms with Crippen molar-refractivity contribution in [1.82, 2.24) is 5.43 Å². The van der Waals surface area contributed by atoms with E-state index >= 15 is 0 Å². The minimum absolute atomic E-state index is 0.126. The van der Waals surface area contributed by atoms with Gasteiger partial charge in [-0.2, -0.15) is 5.10 Å². The van der Waals surface area contributed by atoms with Gasteiger partial charge in [-0.15, -0.1) is 0 Å². The summed E-state index contributed by atoms with van der Waals surface area (Å²) in [6.45, 7) is 3.17. The number of carbonyl (C=O) groups is 3. The van der Waals surface area contributed by atoms with Crippen LogP contribution in [-0.2, 0) is 14.4 Å². The molecule has 9 heteroatoms. The van der Waals surface area contributed by atoms with Gasteiger partial charge in [0.15, 0.2) is 11.5 Å². The van der Waals surface area contributed by atoms with Crippen LogP contribution in [0, 0.1) is 6.92 Å². The third kappa shape index (κ3) is 6.06. The molecule has 0 heterocycles. The number of esters is 1. The number of carbonyl (C=O) groups excluding carboxylic acids is 3. The molecule has 9 nitrogen and oxygen atoms in total. The van der Waals surface area contributed by atoms with Crippen molar-refractivity contribution in [3.63, 3.8) is 0 Å². The van der Waals surface area contributed by atoms with Gasteiger partial charge in [0.2, 0.25) is 5.75 Å². The second-order valence-electron chi connectivity index (χ2n) is 5.87. The summed E-state index contributed by atoms with van der Waals surface area (Å²) in [5, 5.41) is 6.22. The van der Waals surface area contributed by atoms with E-state index in [4.69, 9.17) is 14.2 Å². The predicted octanol–water partition coefficient (Wildman–Crippen LogP) is 2.03. The molecule has 2 N–H and O–H groups in total. The summed E-state index contributed by atoms with van der Waals surface area (Å²) in [6, 6.07) is 10.1. The molecule has 2 rings (SSSR count). The number of nitrogens with zero attached hydrogens (tertiary/aromatic N) is 1. The number of benzene rings is 2. The van der Waals surface area contributed by atoms with E-state index in [0.717, 1.165) is 5.56 Å². The van der Waals surface area contributed by atoms with E-state index in [9.17, 15) is 14.4 Å². The number of rotatable bonds is 6. The lowest BCUT2D eigenvalue weighted by molar-refractivity contribution is -0.136. The van der Waals surface area contributed by atoms with Gasteiger partial charge in [-0.25, -0.2) is 5.43 Å². The number of aryl methyl sites for hydroxylation is 1. The van der Waals surface area contributed by atoms with Crippen LogP contribution in [0.3, 0.4) is 0 Å². The first-order valence-corrected chi connectivity index (χ1v) is 8.49. The Hall–Kier alpha value is -3.88. The van der Waals surface area contributed by atoms with E-state index in [0.29, 0.717) is 11.3 Å². The van der Waals surface area contributed by atoms with Crippen LogP contribution in [-0.4, -0.2) is 38.2 Å². The molecule has 2 amide bonds. The largest absolute Gasteiger partial charge is 0.493 e. The molecule has 0 aliphatic rings. The van der Waals surface area contributed by atoms with E-state index in [1.165, 1.54) is 39.5 Å². The van der Waals surface area contributed by atoms with Gasteiger partial charge < -0.3 is 19.5 Å². The molecule has 0 atom stereocenters. The predicted molar refractivity (Wildman–Crippen MR) is 106 cm³/mol. The fourth-order valence-electron chi connectivity index (χ4n) is 2.26. The van der Waals surface area contributed by atoms with Crippen molar-refractivity contribution in [2.24, 2.45) is 5.10 Å². The van der Waals surface area contributed by atoms with Gasteiger partial charge in [-0.3, -0.25) is 14.4 Å². The minimum atomic E-state index is -0.933. The first-order valence-electron chi connectivity index (χ1n) is 8.49. The number of anilines is 1. The van der Waals surface area contributed by atoms with Crippen molar-refractivity contribution in [3.8, 4) is 17.2 Å². The molecule has 152 valence electrons. The summed E-state index contributed by atoms with van der Waals surface area (Å²) in [5.41, 5.74) is 4.14. The molecule has 2 aromatic carbocycles. The SMILES string of the molecule is COc1cc(/C=N\NC(=O)C(=O)Nc2ccc(C)cc2)cc(OC)c1OC(C)=O.